The minimum atomic E-state index is -1.34. The number of aliphatic carboxylic acids is 1. The van der Waals surface area contributed by atoms with Crippen LogP contribution in [0.3, 0.4) is 0 Å². The monoisotopic (exact) mass is 658 g/mol. The van der Waals surface area contributed by atoms with Crippen LogP contribution in [0.5, 0.6) is 0 Å². The SMILES string of the molecule is CCCCCCCCCCCCCCCC(=O)OC(C(=O)CCCCCCCCCCCCCCC)C(O)CO.C[C@H](N)C(=O)O. The fraction of sp³-hybridized carbons (Fsp3) is 0.921. The first kappa shape index (κ1) is 46.6. The minimum Gasteiger partial charge on any atom is -0.480 e. The fourth-order valence-electron chi connectivity index (χ4n) is 5.40. The normalized spacial score (nSPS) is 13.0. The van der Waals surface area contributed by atoms with Gasteiger partial charge in [0.05, 0.1) is 6.61 Å². The summed E-state index contributed by atoms with van der Waals surface area (Å²) in [5.41, 5.74) is 4.84. The molecule has 0 fully saturated rings. The number of hydrogen-bond acceptors (Lipinski definition) is 7. The van der Waals surface area contributed by atoms with E-state index < -0.39 is 36.8 Å². The molecule has 0 heterocycles. The maximum absolute atomic E-state index is 12.6. The highest BCUT2D eigenvalue weighted by molar-refractivity contribution is 5.86. The number of carbonyl (C=O) groups excluding carboxylic acids is 2. The highest BCUT2D eigenvalue weighted by Crippen LogP contribution is 2.16. The molecule has 0 bridgehead atoms. The molecule has 0 radical (unpaired) electrons. The molecule has 0 saturated carbocycles. The van der Waals surface area contributed by atoms with Gasteiger partial charge in [-0.15, -0.1) is 0 Å². The average Bonchev–Trinajstić information content (AvgIpc) is 3.04. The van der Waals surface area contributed by atoms with Crippen LogP contribution < -0.4 is 5.73 Å². The molecule has 46 heavy (non-hydrogen) atoms. The zero-order valence-electron chi connectivity index (χ0n) is 30.3. The van der Waals surface area contributed by atoms with Gasteiger partial charge in [-0.25, -0.2) is 0 Å². The van der Waals surface area contributed by atoms with Crippen LogP contribution in [-0.4, -0.2) is 57.9 Å². The smallest absolute Gasteiger partial charge is 0.320 e. The maximum atomic E-state index is 12.6. The summed E-state index contributed by atoms with van der Waals surface area (Å²) >= 11 is 0. The lowest BCUT2D eigenvalue weighted by atomic mass is 10.0. The Morgan fingerprint density at radius 3 is 1.13 bits per heavy atom. The molecule has 0 aromatic heterocycles. The molecular formula is C38H75NO7. The van der Waals surface area contributed by atoms with Crippen LogP contribution in [-0.2, 0) is 19.1 Å². The van der Waals surface area contributed by atoms with Crippen LogP contribution >= 0.6 is 0 Å². The molecule has 0 aliphatic carbocycles. The number of carboxylic acid groups (broad SMARTS) is 1. The van der Waals surface area contributed by atoms with Crippen molar-refractivity contribution in [2.75, 3.05) is 6.61 Å². The van der Waals surface area contributed by atoms with Gasteiger partial charge in [0.25, 0.3) is 0 Å². The van der Waals surface area contributed by atoms with Crippen LogP contribution in [0.15, 0.2) is 0 Å². The summed E-state index contributed by atoms with van der Waals surface area (Å²) in [4.78, 5) is 34.5. The third-order valence-corrected chi connectivity index (χ3v) is 8.51. The molecule has 8 nitrogen and oxygen atoms in total. The number of ether oxygens (including phenoxy) is 1. The number of ketones is 1. The van der Waals surface area contributed by atoms with Crippen molar-refractivity contribution in [2.24, 2.45) is 5.73 Å². The first-order valence-electron chi connectivity index (χ1n) is 19.2. The number of aliphatic hydroxyl groups is 2. The molecule has 0 aliphatic heterocycles. The van der Waals surface area contributed by atoms with Gasteiger partial charge in [-0.2, -0.15) is 0 Å². The van der Waals surface area contributed by atoms with Gasteiger partial charge in [-0.3, -0.25) is 14.4 Å². The number of carboxylic acids is 1. The lowest BCUT2D eigenvalue weighted by Gasteiger charge is -2.20. The number of aliphatic hydroxyl groups excluding tert-OH is 2. The maximum Gasteiger partial charge on any atom is 0.320 e. The molecule has 0 aromatic rings. The molecule has 0 aromatic carbocycles. The highest BCUT2D eigenvalue weighted by atomic mass is 16.6. The van der Waals surface area contributed by atoms with E-state index in [9.17, 15) is 24.6 Å². The zero-order chi connectivity index (χ0) is 34.7. The van der Waals surface area contributed by atoms with E-state index in [1.807, 2.05) is 0 Å². The van der Waals surface area contributed by atoms with Crippen molar-refractivity contribution in [3.8, 4) is 0 Å². The van der Waals surface area contributed by atoms with Crippen molar-refractivity contribution in [1.29, 1.82) is 0 Å². The fourth-order valence-corrected chi connectivity index (χ4v) is 5.40. The van der Waals surface area contributed by atoms with Gasteiger partial charge in [-0.05, 0) is 19.8 Å². The quantitative estimate of drug-likeness (QED) is 0.0403. The summed E-state index contributed by atoms with van der Waals surface area (Å²) < 4.78 is 5.34. The molecule has 0 amide bonds. The Balaban J connectivity index is 0. The van der Waals surface area contributed by atoms with Crippen LogP contribution in [0, 0.1) is 0 Å². The van der Waals surface area contributed by atoms with Gasteiger partial charge >= 0.3 is 11.9 Å². The summed E-state index contributed by atoms with van der Waals surface area (Å²) in [7, 11) is 0. The van der Waals surface area contributed by atoms with Gasteiger partial charge in [-0.1, -0.05) is 168 Å². The lowest BCUT2D eigenvalue weighted by molar-refractivity contribution is -0.163. The second-order valence-electron chi connectivity index (χ2n) is 13.2. The average molecular weight is 658 g/mol. The van der Waals surface area contributed by atoms with Crippen molar-refractivity contribution >= 4 is 17.7 Å². The Bertz CT molecular complexity index is 686. The van der Waals surface area contributed by atoms with Crippen molar-refractivity contribution in [3.63, 3.8) is 0 Å². The van der Waals surface area contributed by atoms with E-state index in [2.05, 4.69) is 13.8 Å². The Morgan fingerprint density at radius 2 is 0.848 bits per heavy atom. The number of rotatable bonds is 33. The summed E-state index contributed by atoms with van der Waals surface area (Å²) in [6, 6.07) is -0.731. The van der Waals surface area contributed by atoms with Gasteiger partial charge in [0, 0.05) is 12.8 Å². The standard InChI is InChI=1S/C35H68O5.C3H7NO2/c1-3-5-7-9-11-13-15-17-19-21-23-25-27-29-32(37)35(33(38)31-36)40-34(39)30-28-26-24-22-20-18-16-14-12-10-8-6-4-2;1-2(4)3(5)6/h33,35-36,38H,3-31H2,1-2H3;2H,4H2,1H3,(H,5,6)/t;2-/m.0/s1. The minimum absolute atomic E-state index is 0.262. The van der Waals surface area contributed by atoms with Gasteiger partial charge in [0.2, 0.25) is 0 Å². The van der Waals surface area contributed by atoms with Crippen LogP contribution in [0.2, 0.25) is 0 Å². The Morgan fingerprint density at radius 1 is 0.565 bits per heavy atom. The number of carbonyl (C=O) groups is 3. The lowest BCUT2D eigenvalue weighted by Crippen LogP contribution is -2.40. The van der Waals surface area contributed by atoms with Crippen molar-refractivity contribution < 1.29 is 34.4 Å². The van der Waals surface area contributed by atoms with E-state index >= 15 is 0 Å². The van der Waals surface area contributed by atoms with Crippen LogP contribution in [0.1, 0.15) is 201 Å². The van der Waals surface area contributed by atoms with Crippen LogP contribution in [0.25, 0.3) is 0 Å². The van der Waals surface area contributed by atoms with Gasteiger partial charge in [0.15, 0.2) is 11.9 Å². The summed E-state index contributed by atoms with van der Waals surface area (Å²) in [5.74, 6) is -1.68. The first-order chi connectivity index (χ1) is 22.2. The van der Waals surface area contributed by atoms with Crippen molar-refractivity contribution in [3.05, 3.63) is 0 Å². The highest BCUT2D eigenvalue weighted by Gasteiger charge is 2.29. The molecular weight excluding hydrogens is 582 g/mol. The predicted octanol–water partition coefficient (Wildman–Crippen LogP) is 9.20. The molecule has 3 atom stereocenters. The van der Waals surface area contributed by atoms with Crippen molar-refractivity contribution in [1.82, 2.24) is 0 Å². The molecule has 0 rings (SSSR count). The van der Waals surface area contributed by atoms with Crippen LogP contribution in [0.4, 0.5) is 0 Å². The Labute approximate surface area is 283 Å². The van der Waals surface area contributed by atoms with E-state index in [0.29, 0.717) is 0 Å². The summed E-state index contributed by atoms with van der Waals surface area (Å²) in [6.45, 7) is 5.34. The van der Waals surface area contributed by atoms with E-state index in [-0.39, 0.29) is 18.6 Å². The van der Waals surface area contributed by atoms with Gasteiger partial charge in [0.1, 0.15) is 12.1 Å². The van der Waals surface area contributed by atoms with E-state index in [0.717, 1.165) is 38.5 Å². The van der Waals surface area contributed by atoms with E-state index in [4.69, 9.17) is 15.6 Å². The molecule has 2 unspecified atom stereocenters. The largest absolute Gasteiger partial charge is 0.480 e. The molecule has 274 valence electrons. The van der Waals surface area contributed by atoms with Crippen molar-refractivity contribution in [2.45, 2.75) is 219 Å². The number of nitrogens with two attached hydrogens (primary N) is 1. The second kappa shape index (κ2) is 36.3. The number of unbranched alkanes of at least 4 members (excludes halogenated alkanes) is 24. The molecule has 5 N–H and O–H groups in total. The second-order valence-corrected chi connectivity index (χ2v) is 13.2. The third-order valence-electron chi connectivity index (χ3n) is 8.51. The molecule has 8 heteroatoms. The van der Waals surface area contributed by atoms with Gasteiger partial charge < -0.3 is 25.8 Å². The number of Topliss-reactive ketones (excluding diaryl/α,β-unsaturated/α-hetero) is 1. The molecule has 0 aliphatic rings. The zero-order valence-corrected chi connectivity index (χ0v) is 30.3. The molecule has 0 saturated heterocycles. The first-order valence-corrected chi connectivity index (χ1v) is 19.2. The Kier molecular flexibility index (Phi) is 36.8. The molecule has 0 spiro atoms. The number of hydrogen-bond donors (Lipinski definition) is 4. The number of esters is 1. The topological polar surface area (TPSA) is 147 Å². The third kappa shape index (κ3) is 33.8. The Hall–Kier alpha value is -1.51. The summed E-state index contributed by atoms with van der Waals surface area (Å²) in [5, 5.41) is 27.3. The van der Waals surface area contributed by atoms with E-state index in [1.54, 1.807) is 0 Å². The van der Waals surface area contributed by atoms with E-state index in [1.165, 1.54) is 135 Å². The predicted molar refractivity (Wildman–Crippen MR) is 190 cm³/mol. The summed E-state index contributed by atoms with van der Waals surface area (Å²) in [6.07, 6.45) is 30.1.